The number of methoxy groups -OCH3 is 1. The van der Waals surface area contributed by atoms with E-state index in [-0.39, 0.29) is 0 Å². The third-order valence-corrected chi connectivity index (χ3v) is 5.80. The molecule has 6 nitrogen and oxygen atoms in total. The fourth-order valence-electron chi connectivity index (χ4n) is 3.58. The molecule has 1 fully saturated rings. The van der Waals surface area contributed by atoms with Gasteiger partial charge in [-0.3, -0.25) is 4.99 Å². The Morgan fingerprint density at radius 2 is 2.25 bits per heavy atom. The normalized spacial score (nSPS) is 17.1. The SMILES string of the molecule is CCNC(=NCC1CCN(c2ccccc2OC)C1)N(C)Cc1csc(C)n1. The number of ether oxygens (including phenoxy) is 1. The molecule has 3 rings (SSSR count). The topological polar surface area (TPSA) is 53.0 Å². The van der Waals surface area contributed by atoms with Crippen LogP contribution in [0, 0.1) is 12.8 Å². The molecule has 1 aromatic heterocycles. The molecule has 0 spiro atoms. The van der Waals surface area contributed by atoms with Gasteiger partial charge in [-0.25, -0.2) is 4.98 Å². The summed E-state index contributed by atoms with van der Waals surface area (Å²) in [7, 11) is 3.81. The average Bonchev–Trinajstić information content (AvgIpc) is 3.34. The Bertz CT molecular complexity index is 791. The zero-order chi connectivity index (χ0) is 19.9. The smallest absolute Gasteiger partial charge is 0.194 e. The fraction of sp³-hybridized carbons (Fsp3) is 0.524. The molecule has 0 saturated carbocycles. The minimum Gasteiger partial charge on any atom is -0.495 e. The van der Waals surface area contributed by atoms with E-state index < -0.39 is 0 Å². The molecular formula is C21H31N5OS. The van der Waals surface area contributed by atoms with Gasteiger partial charge in [-0.15, -0.1) is 11.3 Å². The van der Waals surface area contributed by atoms with Crippen molar-refractivity contribution in [1.82, 2.24) is 15.2 Å². The standard InChI is InChI=1S/C21H31N5OS/c1-5-22-21(25(3)14-18-15-28-16(2)24-18)23-12-17-10-11-26(13-17)19-8-6-7-9-20(19)27-4/h6-9,15,17H,5,10-14H2,1-4H3,(H,22,23). The lowest BCUT2D eigenvalue weighted by atomic mass is 10.1. The molecule has 28 heavy (non-hydrogen) atoms. The summed E-state index contributed by atoms with van der Waals surface area (Å²) < 4.78 is 5.52. The molecule has 2 aromatic rings. The van der Waals surface area contributed by atoms with Crippen molar-refractivity contribution in [1.29, 1.82) is 0 Å². The van der Waals surface area contributed by atoms with Gasteiger partial charge < -0.3 is 19.9 Å². The second-order valence-corrected chi connectivity index (χ2v) is 8.24. The lowest BCUT2D eigenvalue weighted by Gasteiger charge is -2.22. The number of aromatic nitrogens is 1. The van der Waals surface area contributed by atoms with E-state index in [1.165, 1.54) is 5.69 Å². The van der Waals surface area contributed by atoms with E-state index in [2.05, 4.69) is 51.6 Å². The molecule has 152 valence electrons. The number of nitrogens with one attached hydrogen (secondary N) is 1. The number of benzene rings is 1. The van der Waals surface area contributed by atoms with Gasteiger partial charge in [0.25, 0.3) is 0 Å². The Balaban J connectivity index is 1.60. The number of para-hydroxylation sites is 2. The average molecular weight is 402 g/mol. The van der Waals surface area contributed by atoms with Gasteiger partial charge in [-0.1, -0.05) is 12.1 Å². The Kier molecular flexibility index (Phi) is 7.14. The molecule has 0 aliphatic carbocycles. The predicted molar refractivity (Wildman–Crippen MR) is 118 cm³/mol. The van der Waals surface area contributed by atoms with Crippen molar-refractivity contribution < 1.29 is 4.74 Å². The lowest BCUT2D eigenvalue weighted by Crippen LogP contribution is -2.39. The summed E-state index contributed by atoms with van der Waals surface area (Å²) in [5, 5.41) is 6.64. The van der Waals surface area contributed by atoms with E-state index in [0.717, 1.165) is 61.6 Å². The summed E-state index contributed by atoms with van der Waals surface area (Å²) in [4.78, 5) is 14.1. The van der Waals surface area contributed by atoms with Gasteiger partial charge in [-0.2, -0.15) is 0 Å². The van der Waals surface area contributed by atoms with Crippen LogP contribution in [0.4, 0.5) is 5.69 Å². The van der Waals surface area contributed by atoms with Gasteiger partial charge in [0.2, 0.25) is 0 Å². The first-order valence-electron chi connectivity index (χ1n) is 9.89. The number of thiazole rings is 1. The third kappa shape index (κ3) is 5.16. The minimum atomic E-state index is 0.550. The van der Waals surface area contributed by atoms with Crippen molar-refractivity contribution in [3.05, 3.63) is 40.3 Å². The quantitative estimate of drug-likeness (QED) is 0.569. The largest absolute Gasteiger partial charge is 0.495 e. The first-order chi connectivity index (χ1) is 13.6. The summed E-state index contributed by atoms with van der Waals surface area (Å²) in [5.74, 6) is 2.44. The van der Waals surface area contributed by atoms with E-state index in [0.29, 0.717) is 5.92 Å². The van der Waals surface area contributed by atoms with E-state index >= 15 is 0 Å². The summed E-state index contributed by atoms with van der Waals surface area (Å²) in [6, 6.07) is 8.25. The van der Waals surface area contributed by atoms with Gasteiger partial charge in [0.1, 0.15) is 5.75 Å². The van der Waals surface area contributed by atoms with E-state index in [1.807, 2.05) is 19.1 Å². The van der Waals surface area contributed by atoms with Gasteiger partial charge in [0.15, 0.2) is 5.96 Å². The number of aryl methyl sites for hydroxylation is 1. The maximum atomic E-state index is 5.52. The second kappa shape index (κ2) is 9.78. The van der Waals surface area contributed by atoms with Crippen LogP contribution < -0.4 is 15.0 Å². The van der Waals surface area contributed by atoms with Crippen molar-refractivity contribution in [2.75, 3.05) is 45.2 Å². The number of hydrogen-bond acceptors (Lipinski definition) is 5. The molecule has 1 aromatic carbocycles. The number of rotatable bonds is 7. The highest BCUT2D eigenvalue weighted by molar-refractivity contribution is 7.09. The van der Waals surface area contributed by atoms with Crippen LogP contribution in [-0.2, 0) is 6.54 Å². The molecule has 1 saturated heterocycles. The lowest BCUT2D eigenvalue weighted by molar-refractivity contribution is 0.414. The van der Waals surface area contributed by atoms with Crippen LogP contribution in [0.5, 0.6) is 5.75 Å². The monoisotopic (exact) mass is 401 g/mol. The van der Waals surface area contributed by atoms with Crippen LogP contribution in [0.15, 0.2) is 34.6 Å². The summed E-state index contributed by atoms with van der Waals surface area (Å²) >= 11 is 1.69. The number of aliphatic imine (C=N–C) groups is 1. The zero-order valence-corrected chi connectivity index (χ0v) is 18.1. The summed E-state index contributed by atoms with van der Waals surface area (Å²) in [6.45, 7) is 8.67. The van der Waals surface area contributed by atoms with Gasteiger partial charge in [0.05, 0.1) is 30.0 Å². The molecule has 1 N–H and O–H groups in total. The molecule has 1 atom stereocenters. The molecule has 0 bridgehead atoms. The molecule has 1 unspecified atom stereocenters. The minimum absolute atomic E-state index is 0.550. The van der Waals surface area contributed by atoms with Crippen molar-refractivity contribution in [2.45, 2.75) is 26.8 Å². The Morgan fingerprint density at radius 1 is 1.43 bits per heavy atom. The number of hydrogen-bond donors (Lipinski definition) is 1. The van der Waals surface area contributed by atoms with Gasteiger partial charge in [0, 0.05) is 38.6 Å². The van der Waals surface area contributed by atoms with Crippen LogP contribution >= 0.6 is 11.3 Å². The molecular weight excluding hydrogens is 370 g/mol. The molecule has 1 aliphatic heterocycles. The highest BCUT2D eigenvalue weighted by Gasteiger charge is 2.24. The summed E-state index contributed by atoms with van der Waals surface area (Å²) in [5.41, 5.74) is 2.28. The fourth-order valence-corrected chi connectivity index (χ4v) is 4.18. The van der Waals surface area contributed by atoms with Crippen LogP contribution in [-0.4, -0.2) is 56.2 Å². The van der Waals surface area contributed by atoms with Crippen molar-refractivity contribution in [3.8, 4) is 5.75 Å². The molecule has 7 heteroatoms. The van der Waals surface area contributed by atoms with Crippen LogP contribution in [0.3, 0.4) is 0 Å². The van der Waals surface area contributed by atoms with E-state index in [4.69, 9.17) is 9.73 Å². The van der Waals surface area contributed by atoms with Crippen LogP contribution in [0.2, 0.25) is 0 Å². The molecule has 1 aliphatic rings. The number of guanidine groups is 1. The zero-order valence-electron chi connectivity index (χ0n) is 17.3. The van der Waals surface area contributed by atoms with Gasteiger partial charge in [-0.05, 0) is 38.3 Å². The number of nitrogens with zero attached hydrogens (tertiary/aromatic N) is 4. The third-order valence-electron chi connectivity index (χ3n) is 4.97. The van der Waals surface area contributed by atoms with Crippen LogP contribution in [0.1, 0.15) is 24.0 Å². The van der Waals surface area contributed by atoms with Gasteiger partial charge >= 0.3 is 0 Å². The molecule has 0 radical (unpaired) electrons. The Hall–Kier alpha value is -2.28. The van der Waals surface area contributed by atoms with E-state index in [1.54, 1.807) is 18.4 Å². The Labute approximate surface area is 172 Å². The van der Waals surface area contributed by atoms with Crippen molar-refractivity contribution in [3.63, 3.8) is 0 Å². The first kappa shape index (κ1) is 20.5. The maximum absolute atomic E-state index is 5.52. The molecule has 0 amide bonds. The predicted octanol–water partition coefficient (Wildman–Crippen LogP) is 3.38. The Morgan fingerprint density at radius 3 is 2.96 bits per heavy atom. The second-order valence-electron chi connectivity index (χ2n) is 7.18. The van der Waals surface area contributed by atoms with Crippen LogP contribution in [0.25, 0.3) is 0 Å². The van der Waals surface area contributed by atoms with Crippen molar-refractivity contribution >= 4 is 23.0 Å². The first-order valence-corrected chi connectivity index (χ1v) is 10.8. The number of anilines is 1. The molecule has 2 heterocycles. The maximum Gasteiger partial charge on any atom is 0.194 e. The van der Waals surface area contributed by atoms with E-state index in [9.17, 15) is 0 Å². The summed E-state index contributed by atoms with van der Waals surface area (Å²) in [6.07, 6.45) is 1.15. The highest BCUT2D eigenvalue weighted by Crippen LogP contribution is 2.32. The highest BCUT2D eigenvalue weighted by atomic mass is 32.1. The van der Waals surface area contributed by atoms with Crippen molar-refractivity contribution in [2.24, 2.45) is 10.9 Å².